The van der Waals surface area contributed by atoms with Gasteiger partial charge in [0.05, 0.1) is 17.4 Å². The summed E-state index contributed by atoms with van der Waals surface area (Å²) in [5.74, 6) is 0.128. The third-order valence-corrected chi connectivity index (χ3v) is 5.22. The Balaban J connectivity index is 1.58. The first-order chi connectivity index (χ1) is 12.7. The van der Waals surface area contributed by atoms with Gasteiger partial charge in [-0.25, -0.2) is 4.98 Å². The lowest BCUT2D eigenvalue weighted by Crippen LogP contribution is -2.41. The lowest BCUT2D eigenvalue weighted by molar-refractivity contribution is 0.00578. The van der Waals surface area contributed by atoms with E-state index in [1.54, 1.807) is 12.3 Å². The number of nitrogens with zero attached hydrogens (tertiary/aromatic N) is 2. The topological polar surface area (TPSA) is 89.1 Å². The van der Waals surface area contributed by atoms with Crippen molar-refractivity contribution in [2.24, 2.45) is 0 Å². The molecule has 1 fully saturated rings. The van der Waals surface area contributed by atoms with Crippen LogP contribution in [0.15, 0.2) is 42.9 Å². The van der Waals surface area contributed by atoms with Crippen LogP contribution in [0.4, 0.5) is 5.82 Å². The summed E-state index contributed by atoms with van der Waals surface area (Å²) in [6, 6.07) is 7.67. The Bertz CT molecular complexity index is 985. The molecule has 0 bridgehead atoms. The van der Waals surface area contributed by atoms with Gasteiger partial charge in [-0.05, 0) is 45.3 Å². The monoisotopic (exact) mass is 364 g/mol. The standard InChI is InChI=1S/C19H21BN4O3/c1-18(2)19(3,4)27-20(26-18)13-6-5-12-9-15(23-14(12)10-13)17(25)24-16-11-21-7-8-22-16/h5-11,23H,1-4H3,(H,22,24,25). The summed E-state index contributed by atoms with van der Waals surface area (Å²) < 4.78 is 12.2. The summed E-state index contributed by atoms with van der Waals surface area (Å²) in [6.07, 6.45) is 4.57. The van der Waals surface area contributed by atoms with Gasteiger partial charge in [0.1, 0.15) is 5.69 Å². The molecule has 0 radical (unpaired) electrons. The highest BCUT2D eigenvalue weighted by Gasteiger charge is 2.51. The Kier molecular flexibility index (Phi) is 4.05. The molecule has 1 aliphatic heterocycles. The predicted octanol–water partition coefficient (Wildman–Crippen LogP) is 2.51. The van der Waals surface area contributed by atoms with E-state index in [0.29, 0.717) is 11.5 Å². The van der Waals surface area contributed by atoms with Crippen molar-refractivity contribution >= 4 is 35.2 Å². The van der Waals surface area contributed by atoms with Gasteiger partial charge in [-0.3, -0.25) is 9.78 Å². The van der Waals surface area contributed by atoms with E-state index in [0.717, 1.165) is 16.4 Å². The second kappa shape index (κ2) is 6.18. The molecule has 0 aliphatic carbocycles. The number of aromatic amines is 1. The molecule has 2 N–H and O–H groups in total. The number of H-pyrrole nitrogens is 1. The summed E-state index contributed by atoms with van der Waals surface area (Å²) in [5.41, 5.74) is 1.39. The van der Waals surface area contributed by atoms with Crippen LogP contribution in [0, 0.1) is 0 Å². The third-order valence-electron chi connectivity index (χ3n) is 5.22. The van der Waals surface area contributed by atoms with E-state index in [4.69, 9.17) is 9.31 Å². The van der Waals surface area contributed by atoms with Gasteiger partial charge in [0.15, 0.2) is 5.82 Å². The average Bonchev–Trinajstić information content (AvgIpc) is 3.13. The molecule has 27 heavy (non-hydrogen) atoms. The minimum atomic E-state index is -0.445. The lowest BCUT2D eigenvalue weighted by Gasteiger charge is -2.32. The molecule has 0 atom stereocenters. The number of anilines is 1. The fraction of sp³-hybridized carbons (Fsp3) is 0.316. The van der Waals surface area contributed by atoms with Gasteiger partial charge in [0.2, 0.25) is 0 Å². The maximum absolute atomic E-state index is 12.4. The fourth-order valence-corrected chi connectivity index (χ4v) is 2.94. The second-order valence-corrected chi connectivity index (χ2v) is 7.66. The van der Waals surface area contributed by atoms with Crippen LogP contribution >= 0.6 is 0 Å². The highest BCUT2D eigenvalue weighted by molar-refractivity contribution is 6.62. The first-order valence-corrected chi connectivity index (χ1v) is 8.81. The van der Waals surface area contributed by atoms with E-state index < -0.39 is 18.3 Å². The number of hydrogen-bond acceptors (Lipinski definition) is 5. The number of aromatic nitrogens is 3. The SMILES string of the molecule is CC1(C)OB(c2ccc3cc(C(=O)Nc4cnccn4)[nH]c3c2)OC1(C)C. The third kappa shape index (κ3) is 3.22. The summed E-state index contributed by atoms with van der Waals surface area (Å²) >= 11 is 0. The minimum Gasteiger partial charge on any atom is -0.399 e. The van der Waals surface area contributed by atoms with Crippen LogP contribution in [-0.4, -0.2) is 39.2 Å². The largest absolute Gasteiger partial charge is 0.494 e. The normalized spacial score (nSPS) is 18.0. The zero-order valence-electron chi connectivity index (χ0n) is 15.7. The molecule has 3 aromatic rings. The first kappa shape index (κ1) is 17.7. The van der Waals surface area contributed by atoms with E-state index in [-0.39, 0.29) is 5.91 Å². The molecule has 1 aliphatic rings. The van der Waals surface area contributed by atoms with Crippen LogP contribution in [0.25, 0.3) is 10.9 Å². The van der Waals surface area contributed by atoms with E-state index in [1.807, 2.05) is 45.9 Å². The van der Waals surface area contributed by atoms with Crippen LogP contribution in [0.1, 0.15) is 38.2 Å². The van der Waals surface area contributed by atoms with Crippen molar-refractivity contribution in [2.45, 2.75) is 38.9 Å². The molecule has 138 valence electrons. The van der Waals surface area contributed by atoms with E-state index in [1.165, 1.54) is 12.4 Å². The van der Waals surface area contributed by atoms with Crippen molar-refractivity contribution in [1.29, 1.82) is 0 Å². The van der Waals surface area contributed by atoms with Crippen molar-refractivity contribution in [3.63, 3.8) is 0 Å². The molecular formula is C19H21BN4O3. The molecular weight excluding hydrogens is 343 g/mol. The number of benzene rings is 1. The molecule has 8 heteroatoms. The fourth-order valence-electron chi connectivity index (χ4n) is 2.94. The molecule has 1 amide bonds. The Morgan fingerprint density at radius 1 is 1.11 bits per heavy atom. The Morgan fingerprint density at radius 3 is 2.52 bits per heavy atom. The van der Waals surface area contributed by atoms with Gasteiger partial charge in [0.25, 0.3) is 5.91 Å². The Labute approximate surface area is 157 Å². The molecule has 1 aromatic carbocycles. The van der Waals surface area contributed by atoms with Crippen molar-refractivity contribution in [3.8, 4) is 0 Å². The van der Waals surface area contributed by atoms with E-state index in [2.05, 4.69) is 20.3 Å². The van der Waals surface area contributed by atoms with Crippen LogP contribution < -0.4 is 10.8 Å². The maximum atomic E-state index is 12.4. The zero-order chi connectivity index (χ0) is 19.2. The summed E-state index contributed by atoms with van der Waals surface area (Å²) in [4.78, 5) is 23.6. The number of fused-ring (bicyclic) bond motifs is 1. The van der Waals surface area contributed by atoms with E-state index >= 15 is 0 Å². The number of nitrogens with one attached hydrogen (secondary N) is 2. The molecule has 7 nitrogen and oxygen atoms in total. The highest BCUT2D eigenvalue weighted by Crippen LogP contribution is 2.36. The molecule has 0 unspecified atom stereocenters. The van der Waals surface area contributed by atoms with Gasteiger partial charge in [-0.2, -0.15) is 0 Å². The van der Waals surface area contributed by atoms with Gasteiger partial charge in [0, 0.05) is 23.3 Å². The van der Waals surface area contributed by atoms with Gasteiger partial charge in [-0.1, -0.05) is 12.1 Å². The van der Waals surface area contributed by atoms with Crippen LogP contribution in [0.3, 0.4) is 0 Å². The molecule has 4 rings (SSSR count). The summed E-state index contributed by atoms with van der Waals surface area (Å²) in [5, 5.41) is 3.65. The molecule has 0 saturated carbocycles. The second-order valence-electron chi connectivity index (χ2n) is 7.66. The number of carbonyl (C=O) groups is 1. The highest BCUT2D eigenvalue weighted by atomic mass is 16.7. The smallest absolute Gasteiger partial charge is 0.399 e. The van der Waals surface area contributed by atoms with Crippen molar-refractivity contribution in [3.05, 3.63) is 48.5 Å². The van der Waals surface area contributed by atoms with Gasteiger partial charge >= 0.3 is 7.12 Å². The van der Waals surface area contributed by atoms with Gasteiger partial charge < -0.3 is 19.6 Å². The molecule has 3 heterocycles. The van der Waals surface area contributed by atoms with Crippen molar-refractivity contribution in [1.82, 2.24) is 15.0 Å². The van der Waals surface area contributed by atoms with Crippen molar-refractivity contribution in [2.75, 3.05) is 5.32 Å². The maximum Gasteiger partial charge on any atom is 0.494 e. The Morgan fingerprint density at radius 2 is 1.85 bits per heavy atom. The minimum absolute atomic E-state index is 0.274. The predicted molar refractivity (Wildman–Crippen MR) is 104 cm³/mol. The Hall–Kier alpha value is -2.71. The molecule has 0 spiro atoms. The van der Waals surface area contributed by atoms with Crippen LogP contribution in [-0.2, 0) is 9.31 Å². The van der Waals surface area contributed by atoms with Crippen LogP contribution in [0.5, 0.6) is 0 Å². The van der Waals surface area contributed by atoms with Gasteiger partial charge in [-0.15, -0.1) is 0 Å². The van der Waals surface area contributed by atoms with Crippen LogP contribution in [0.2, 0.25) is 0 Å². The zero-order valence-corrected chi connectivity index (χ0v) is 15.7. The summed E-state index contributed by atoms with van der Waals surface area (Å²) in [7, 11) is -0.445. The lowest BCUT2D eigenvalue weighted by atomic mass is 9.79. The van der Waals surface area contributed by atoms with E-state index in [9.17, 15) is 4.79 Å². The number of amides is 1. The summed E-state index contributed by atoms with van der Waals surface area (Å²) in [6.45, 7) is 8.09. The number of rotatable bonds is 3. The van der Waals surface area contributed by atoms with Crippen molar-refractivity contribution < 1.29 is 14.1 Å². The quantitative estimate of drug-likeness (QED) is 0.697. The molecule has 2 aromatic heterocycles. The number of carbonyl (C=O) groups excluding carboxylic acids is 1. The molecule has 1 saturated heterocycles. The number of hydrogen-bond donors (Lipinski definition) is 2. The average molecular weight is 364 g/mol. The first-order valence-electron chi connectivity index (χ1n) is 8.81.